The Morgan fingerprint density at radius 2 is 1.92 bits per heavy atom. The van der Waals surface area contributed by atoms with Gasteiger partial charge in [-0.05, 0) is 11.6 Å². The van der Waals surface area contributed by atoms with Crippen molar-refractivity contribution >= 4 is 24.0 Å². The molecule has 1 aliphatic rings. The molecule has 8 heteroatoms. The van der Waals surface area contributed by atoms with Crippen LogP contribution in [0, 0.1) is 0 Å². The number of nitrogens with zero attached hydrogens (tertiary/aromatic N) is 2. The third-order valence-electron chi connectivity index (χ3n) is 3.95. The first-order valence-corrected chi connectivity index (χ1v) is 13.3. The minimum atomic E-state index is -3.36. The van der Waals surface area contributed by atoms with E-state index in [1.165, 1.54) is 16.5 Å². The number of carbonyl (C=O) groups excluding carboxylic acids is 1. The molecule has 1 saturated heterocycles. The van der Waals surface area contributed by atoms with Gasteiger partial charge in [-0.25, -0.2) is 13.5 Å². The Morgan fingerprint density at radius 1 is 1.29 bits per heavy atom. The zero-order valence-electron chi connectivity index (χ0n) is 14.7. The Hall–Kier alpha value is -1.22. The van der Waals surface area contributed by atoms with Crippen molar-refractivity contribution in [1.82, 2.24) is 9.37 Å². The van der Waals surface area contributed by atoms with Gasteiger partial charge in [0.15, 0.2) is 0 Å². The minimum absolute atomic E-state index is 0.123. The second kappa shape index (κ2) is 7.34. The van der Waals surface area contributed by atoms with Gasteiger partial charge in [0, 0.05) is 14.6 Å². The molecule has 1 aromatic rings. The monoisotopic (exact) mass is 370 g/mol. The Bertz CT molecular complexity index is 673. The third-order valence-corrected chi connectivity index (χ3v) is 7.91. The Kier molecular flexibility index (Phi) is 5.85. The number of amides is 1. The first kappa shape index (κ1) is 19.1. The van der Waals surface area contributed by atoms with Gasteiger partial charge < -0.3 is 0 Å². The van der Waals surface area contributed by atoms with Crippen LogP contribution in [0.5, 0.6) is 0 Å². The van der Waals surface area contributed by atoms with Crippen molar-refractivity contribution in [3.8, 4) is 0 Å². The van der Waals surface area contributed by atoms with Crippen molar-refractivity contribution < 1.29 is 18.0 Å². The molecule has 134 valence electrons. The van der Waals surface area contributed by atoms with E-state index in [-0.39, 0.29) is 18.2 Å². The number of rotatable bonds is 8. The molecule has 0 saturated carbocycles. The molecule has 1 aliphatic heterocycles. The molecule has 2 atom stereocenters. The molecule has 6 nitrogen and oxygen atoms in total. The van der Waals surface area contributed by atoms with Crippen LogP contribution in [0.1, 0.15) is 5.56 Å². The largest absolute Gasteiger partial charge is 0.274 e. The van der Waals surface area contributed by atoms with Gasteiger partial charge in [0.25, 0.3) is 5.91 Å². The lowest BCUT2D eigenvalue weighted by Gasteiger charge is -2.20. The van der Waals surface area contributed by atoms with E-state index in [0.29, 0.717) is 12.6 Å². The smallest absolute Gasteiger partial charge is 0.266 e. The molecular weight excluding hydrogens is 344 g/mol. The van der Waals surface area contributed by atoms with E-state index in [2.05, 4.69) is 19.6 Å². The normalized spacial score (nSPS) is 20.7. The topological polar surface area (TPSA) is 66.7 Å². The van der Waals surface area contributed by atoms with E-state index in [4.69, 9.17) is 4.84 Å². The number of hydrogen-bond donors (Lipinski definition) is 0. The van der Waals surface area contributed by atoms with Crippen molar-refractivity contribution in [3.63, 3.8) is 0 Å². The summed E-state index contributed by atoms with van der Waals surface area (Å²) in [4.78, 5) is 17.7. The van der Waals surface area contributed by atoms with E-state index in [0.717, 1.165) is 5.56 Å². The van der Waals surface area contributed by atoms with Gasteiger partial charge >= 0.3 is 0 Å². The third kappa shape index (κ3) is 5.14. The number of hydroxylamine groups is 2. The fraction of sp³-hybridized carbons (Fsp3) is 0.562. The summed E-state index contributed by atoms with van der Waals surface area (Å²) < 4.78 is 26.0. The highest BCUT2D eigenvalue weighted by molar-refractivity contribution is 7.89. The zero-order chi connectivity index (χ0) is 18.0. The molecule has 0 spiro atoms. The Morgan fingerprint density at radius 3 is 2.46 bits per heavy atom. The maximum atomic E-state index is 12.5. The van der Waals surface area contributed by atoms with Gasteiger partial charge in [0.1, 0.15) is 6.04 Å². The summed E-state index contributed by atoms with van der Waals surface area (Å²) in [6.07, 6.45) is 0. The number of benzene rings is 1. The number of hydrogen-bond acceptors (Lipinski definition) is 4. The lowest BCUT2D eigenvalue weighted by Crippen LogP contribution is -2.36. The predicted octanol–water partition coefficient (Wildman–Crippen LogP) is 1.93. The maximum absolute atomic E-state index is 12.5. The predicted molar refractivity (Wildman–Crippen MR) is 96.4 cm³/mol. The van der Waals surface area contributed by atoms with Crippen LogP contribution in [0.2, 0.25) is 25.7 Å². The molecule has 1 heterocycles. The highest BCUT2D eigenvalue weighted by atomic mass is 32.2. The fourth-order valence-electron chi connectivity index (χ4n) is 2.33. The average molecular weight is 371 g/mol. The van der Waals surface area contributed by atoms with Crippen molar-refractivity contribution in [3.05, 3.63) is 35.9 Å². The summed E-state index contributed by atoms with van der Waals surface area (Å²) in [5.74, 6) is -0.184. The fourth-order valence-corrected chi connectivity index (χ4v) is 6.89. The SMILES string of the molecule is CON(Cc1ccccc1)C(=O)[C@H]1CN1S(=O)(=O)CC[Si](C)(C)C. The summed E-state index contributed by atoms with van der Waals surface area (Å²) in [7, 11) is -3.38. The molecular formula is C16H26N2O4SSi. The van der Waals surface area contributed by atoms with Crippen LogP contribution in [0.15, 0.2) is 30.3 Å². The van der Waals surface area contributed by atoms with Gasteiger partial charge in [-0.1, -0.05) is 50.0 Å². The van der Waals surface area contributed by atoms with Gasteiger partial charge in [0.2, 0.25) is 10.0 Å². The van der Waals surface area contributed by atoms with Crippen LogP contribution in [0.25, 0.3) is 0 Å². The summed E-state index contributed by atoms with van der Waals surface area (Å²) in [5.41, 5.74) is 0.932. The summed E-state index contributed by atoms with van der Waals surface area (Å²) in [6, 6.07) is 9.54. The second-order valence-electron chi connectivity index (χ2n) is 7.26. The molecule has 0 radical (unpaired) electrons. The zero-order valence-corrected chi connectivity index (χ0v) is 16.5. The van der Waals surface area contributed by atoms with Crippen molar-refractivity contribution in [2.75, 3.05) is 19.4 Å². The van der Waals surface area contributed by atoms with Crippen LogP contribution in [0.4, 0.5) is 0 Å². The first-order valence-electron chi connectivity index (χ1n) is 8.03. The maximum Gasteiger partial charge on any atom is 0.266 e. The summed E-state index contributed by atoms with van der Waals surface area (Å²) in [5, 5.41) is 1.23. The van der Waals surface area contributed by atoms with E-state index >= 15 is 0 Å². The molecule has 1 fully saturated rings. The highest BCUT2D eigenvalue weighted by Crippen LogP contribution is 2.27. The van der Waals surface area contributed by atoms with Crippen LogP contribution in [-0.2, 0) is 26.2 Å². The van der Waals surface area contributed by atoms with Crippen molar-refractivity contribution in [1.29, 1.82) is 0 Å². The van der Waals surface area contributed by atoms with Crippen LogP contribution in [0.3, 0.4) is 0 Å². The van der Waals surface area contributed by atoms with Crippen LogP contribution >= 0.6 is 0 Å². The summed E-state index contributed by atoms with van der Waals surface area (Å²) in [6.45, 7) is 6.97. The quantitative estimate of drug-likeness (QED) is 0.398. The molecule has 0 aliphatic carbocycles. The van der Waals surface area contributed by atoms with E-state index in [1.54, 1.807) is 0 Å². The molecule has 0 N–H and O–H groups in total. The molecule has 24 heavy (non-hydrogen) atoms. The average Bonchev–Trinajstić information content (AvgIpc) is 3.32. The van der Waals surface area contributed by atoms with Gasteiger partial charge in [-0.15, -0.1) is 0 Å². The molecule has 1 amide bonds. The molecule has 1 unspecified atom stereocenters. The minimum Gasteiger partial charge on any atom is -0.274 e. The standard InChI is InChI=1S/C16H26N2O4SSi/c1-22-17(12-14-8-6-5-7-9-14)16(19)15-13-18(15)23(20,21)10-11-24(2,3)4/h5-9,15H,10-13H2,1-4H3/t15-,18?/m1/s1. The Balaban J connectivity index is 1.96. The lowest BCUT2D eigenvalue weighted by molar-refractivity contribution is -0.179. The molecule has 2 rings (SSSR count). The van der Waals surface area contributed by atoms with Gasteiger partial charge in [-0.3, -0.25) is 9.63 Å². The van der Waals surface area contributed by atoms with Crippen LogP contribution in [-0.4, -0.2) is 57.2 Å². The molecule has 0 aromatic heterocycles. The van der Waals surface area contributed by atoms with E-state index in [1.807, 2.05) is 30.3 Å². The second-order valence-corrected chi connectivity index (χ2v) is 14.9. The molecule has 0 bridgehead atoms. The number of sulfonamides is 1. The first-order chi connectivity index (χ1) is 11.1. The Labute approximate surface area is 145 Å². The van der Waals surface area contributed by atoms with E-state index in [9.17, 15) is 13.2 Å². The van der Waals surface area contributed by atoms with Gasteiger partial charge in [-0.2, -0.15) is 4.31 Å². The van der Waals surface area contributed by atoms with Crippen molar-refractivity contribution in [2.24, 2.45) is 0 Å². The van der Waals surface area contributed by atoms with Crippen molar-refractivity contribution in [2.45, 2.75) is 38.3 Å². The number of carbonyl (C=O) groups is 1. The molecule has 1 aromatic carbocycles. The lowest BCUT2D eigenvalue weighted by atomic mass is 10.2. The van der Waals surface area contributed by atoms with Crippen LogP contribution < -0.4 is 0 Å². The highest BCUT2D eigenvalue weighted by Gasteiger charge is 2.50. The van der Waals surface area contributed by atoms with E-state index < -0.39 is 24.1 Å². The van der Waals surface area contributed by atoms with Gasteiger partial charge in [0.05, 0.1) is 19.4 Å². The summed E-state index contributed by atoms with van der Waals surface area (Å²) >= 11 is 0.